The molecule has 0 amide bonds. The van der Waals surface area contributed by atoms with Gasteiger partial charge in [0.15, 0.2) is 0 Å². The van der Waals surface area contributed by atoms with Crippen molar-refractivity contribution in [1.82, 2.24) is 24.8 Å². The Hall–Kier alpha value is -2.45. The molecule has 2 N–H and O–H groups in total. The first kappa shape index (κ1) is 23.7. The molecule has 4 aromatic rings. The number of hydrogen-bond donors (Lipinski definition) is 2. The molecule has 2 saturated heterocycles. The molecule has 8 heteroatoms. The van der Waals surface area contributed by atoms with Crippen LogP contribution in [0.3, 0.4) is 0 Å². The molecule has 7 nitrogen and oxygen atoms in total. The number of fused-ring (bicyclic) bond motifs is 2. The van der Waals surface area contributed by atoms with E-state index < -0.39 is 0 Å². The van der Waals surface area contributed by atoms with E-state index in [0.29, 0.717) is 5.88 Å². The first-order valence-corrected chi connectivity index (χ1v) is 12.2. The van der Waals surface area contributed by atoms with Crippen molar-refractivity contribution >= 4 is 33.7 Å². The summed E-state index contributed by atoms with van der Waals surface area (Å²) in [6.07, 6.45) is 3.93. The standard InChI is InChI=1S/C12H15N3O.C8H7ClN2.C5H10O/c1-2-4-11-10(3-1)13-12(14-11)9-15-5-7-16-8-6-15;9-5-8-10-6-3-1-2-4-7(6)11-8;1-2-4-6-5-3-1/h1-4H,5-9H2,(H,13,14);1-4H,5H2,(H,10,11);1-5H2. The van der Waals surface area contributed by atoms with Crippen molar-refractivity contribution in [2.75, 3.05) is 39.5 Å². The Labute approximate surface area is 199 Å². The summed E-state index contributed by atoms with van der Waals surface area (Å²) in [5.41, 5.74) is 4.18. The second kappa shape index (κ2) is 12.7. The van der Waals surface area contributed by atoms with Crippen molar-refractivity contribution in [3.63, 3.8) is 0 Å². The number of hydrogen-bond acceptors (Lipinski definition) is 5. The van der Waals surface area contributed by atoms with E-state index in [-0.39, 0.29) is 0 Å². The van der Waals surface area contributed by atoms with E-state index in [1.165, 1.54) is 19.3 Å². The van der Waals surface area contributed by atoms with Gasteiger partial charge < -0.3 is 19.4 Å². The smallest absolute Gasteiger partial charge is 0.122 e. The van der Waals surface area contributed by atoms with E-state index in [9.17, 15) is 0 Å². The first-order chi connectivity index (χ1) is 16.3. The number of para-hydroxylation sites is 4. The summed E-state index contributed by atoms with van der Waals surface area (Å²) in [4.78, 5) is 17.6. The monoisotopic (exact) mass is 469 g/mol. The number of alkyl halides is 1. The molecule has 0 unspecified atom stereocenters. The predicted octanol–water partition coefficient (Wildman–Crippen LogP) is 4.88. The van der Waals surface area contributed by atoms with Gasteiger partial charge in [-0.3, -0.25) is 4.90 Å². The van der Waals surface area contributed by atoms with Crippen LogP contribution in [0.1, 0.15) is 30.9 Å². The van der Waals surface area contributed by atoms with Crippen LogP contribution in [0.4, 0.5) is 0 Å². The molecular formula is C25H32ClN5O2. The molecule has 0 atom stereocenters. The highest BCUT2D eigenvalue weighted by atomic mass is 35.5. The van der Waals surface area contributed by atoms with Crippen LogP contribution in [0.2, 0.25) is 0 Å². The van der Waals surface area contributed by atoms with Crippen LogP contribution in [0, 0.1) is 0 Å². The van der Waals surface area contributed by atoms with Crippen LogP contribution >= 0.6 is 11.6 Å². The first-order valence-electron chi connectivity index (χ1n) is 11.6. The largest absolute Gasteiger partial charge is 0.381 e. The predicted molar refractivity (Wildman–Crippen MR) is 133 cm³/mol. The van der Waals surface area contributed by atoms with Crippen molar-refractivity contribution in [3.05, 3.63) is 60.2 Å². The number of morpholine rings is 1. The number of imidazole rings is 2. The molecule has 2 aromatic heterocycles. The summed E-state index contributed by atoms with van der Waals surface area (Å²) in [5.74, 6) is 2.31. The Bertz CT molecular complexity index is 1020. The van der Waals surface area contributed by atoms with Crippen molar-refractivity contribution in [2.24, 2.45) is 0 Å². The molecule has 0 radical (unpaired) electrons. The Morgan fingerprint density at radius 2 is 1.27 bits per heavy atom. The Morgan fingerprint density at radius 1 is 0.727 bits per heavy atom. The average Bonchev–Trinajstić information content (AvgIpc) is 3.50. The normalized spacial score (nSPS) is 16.6. The highest BCUT2D eigenvalue weighted by molar-refractivity contribution is 6.16. The third kappa shape index (κ3) is 7.27. The molecule has 0 aliphatic carbocycles. The molecular weight excluding hydrogens is 438 g/mol. The maximum atomic E-state index is 5.60. The fourth-order valence-corrected chi connectivity index (χ4v) is 3.93. The summed E-state index contributed by atoms with van der Waals surface area (Å²) in [6, 6.07) is 16.0. The second-order valence-corrected chi connectivity index (χ2v) is 8.36. The fourth-order valence-electron chi connectivity index (χ4n) is 3.81. The van der Waals surface area contributed by atoms with E-state index in [2.05, 4.69) is 30.9 Å². The van der Waals surface area contributed by atoms with Crippen LogP contribution < -0.4 is 0 Å². The average molecular weight is 470 g/mol. The minimum Gasteiger partial charge on any atom is -0.381 e. The summed E-state index contributed by atoms with van der Waals surface area (Å²) < 4.78 is 10.4. The van der Waals surface area contributed by atoms with Gasteiger partial charge in [-0.2, -0.15) is 0 Å². The Morgan fingerprint density at radius 3 is 1.79 bits per heavy atom. The summed E-state index contributed by atoms with van der Waals surface area (Å²) in [7, 11) is 0. The molecule has 2 aliphatic rings. The molecule has 33 heavy (non-hydrogen) atoms. The van der Waals surface area contributed by atoms with Gasteiger partial charge >= 0.3 is 0 Å². The third-order valence-electron chi connectivity index (χ3n) is 5.56. The van der Waals surface area contributed by atoms with Gasteiger partial charge in [0.1, 0.15) is 11.6 Å². The molecule has 176 valence electrons. The Balaban J connectivity index is 0.000000132. The molecule has 0 spiro atoms. The lowest BCUT2D eigenvalue weighted by Gasteiger charge is -2.25. The van der Waals surface area contributed by atoms with E-state index in [1.807, 2.05) is 42.5 Å². The lowest BCUT2D eigenvalue weighted by atomic mass is 10.2. The quantitative estimate of drug-likeness (QED) is 0.418. The Kier molecular flexibility index (Phi) is 9.12. The van der Waals surface area contributed by atoms with Crippen LogP contribution in [-0.2, 0) is 21.9 Å². The minimum atomic E-state index is 0.439. The fraction of sp³-hybridized carbons (Fsp3) is 0.440. The zero-order valence-corrected chi connectivity index (χ0v) is 19.7. The van der Waals surface area contributed by atoms with Crippen LogP contribution in [-0.4, -0.2) is 64.4 Å². The topological polar surface area (TPSA) is 79.1 Å². The molecule has 2 aliphatic heterocycles. The van der Waals surface area contributed by atoms with E-state index in [1.54, 1.807) is 0 Å². The number of aromatic amines is 2. The van der Waals surface area contributed by atoms with Gasteiger partial charge in [0, 0.05) is 26.3 Å². The zero-order chi connectivity index (χ0) is 22.7. The highest BCUT2D eigenvalue weighted by Gasteiger charge is 2.12. The van der Waals surface area contributed by atoms with Gasteiger partial charge in [-0.05, 0) is 43.5 Å². The number of ether oxygens (including phenoxy) is 2. The van der Waals surface area contributed by atoms with Gasteiger partial charge in [-0.15, -0.1) is 11.6 Å². The summed E-state index contributed by atoms with van der Waals surface area (Å²) in [6.45, 7) is 6.55. The summed E-state index contributed by atoms with van der Waals surface area (Å²) in [5, 5.41) is 0. The number of nitrogens with one attached hydrogen (secondary N) is 2. The summed E-state index contributed by atoms with van der Waals surface area (Å²) >= 11 is 5.60. The number of rotatable bonds is 3. The van der Waals surface area contributed by atoms with Crippen LogP contribution in [0.15, 0.2) is 48.5 Å². The van der Waals surface area contributed by atoms with Crippen LogP contribution in [0.5, 0.6) is 0 Å². The number of aromatic nitrogens is 4. The van der Waals surface area contributed by atoms with E-state index in [0.717, 1.165) is 79.8 Å². The van der Waals surface area contributed by atoms with Gasteiger partial charge in [-0.1, -0.05) is 24.3 Å². The molecule has 4 heterocycles. The molecule has 2 aromatic carbocycles. The molecule has 0 saturated carbocycles. The minimum absolute atomic E-state index is 0.439. The van der Waals surface area contributed by atoms with Gasteiger partial charge in [-0.25, -0.2) is 9.97 Å². The number of benzene rings is 2. The van der Waals surface area contributed by atoms with Gasteiger partial charge in [0.05, 0.1) is 47.7 Å². The van der Waals surface area contributed by atoms with Crippen molar-refractivity contribution in [3.8, 4) is 0 Å². The number of nitrogens with zero attached hydrogens (tertiary/aromatic N) is 3. The molecule has 2 fully saturated rings. The lowest BCUT2D eigenvalue weighted by Crippen LogP contribution is -2.35. The highest BCUT2D eigenvalue weighted by Crippen LogP contribution is 2.12. The van der Waals surface area contributed by atoms with Crippen molar-refractivity contribution in [1.29, 1.82) is 0 Å². The third-order valence-corrected chi connectivity index (χ3v) is 5.81. The number of H-pyrrole nitrogens is 2. The molecule has 6 rings (SSSR count). The van der Waals surface area contributed by atoms with Crippen molar-refractivity contribution < 1.29 is 9.47 Å². The van der Waals surface area contributed by atoms with E-state index in [4.69, 9.17) is 21.1 Å². The van der Waals surface area contributed by atoms with Crippen molar-refractivity contribution in [2.45, 2.75) is 31.7 Å². The van der Waals surface area contributed by atoms with Gasteiger partial charge in [0.2, 0.25) is 0 Å². The lowest BCUT2D eigenvalue weighted by molar-refractivity contribution is 0.0332. The van der Waals surface area contributed by atoms with Crippen LogP contribution in [0.25, 0.3) is 22.1 Å². The van der Waals surface area contributed by atoms with Gasteiger partial charge in [0.25, 0.3) is 0 Å². The number of halogens is 1. The zero-order valence-electron chi connectivity index (χ0n) is 18.9. The maximum Gasteiger partial charge on any atom is 0.122 e. The second-order valence-electron chi connectivity index (χ2n) is 8.10. The molecule has 0 bridgehead atoms. The van der Waals surface area contributed by atoms with E-state index >= 15 is 0 Å². The SMILES string of the molecule is C1CCOCC1.ClCc1nc2ccccc2[nH]1.c1ccc2[nH]c(CN3CCOCC3)nc2c1. The maximum absolute atomic E-state index is 5.60.